The first kappa shape index (κ1) is 22.7. The van der Waals surface area contributed by atoms with Gasteiger partial charge < -0.3 is 14.8 Å². The maximum atomic E-state index is 13.2. The molecule has 0 aliphatic rings. The molecule has 0 saturated heterocycles. The molecule has 2 heterocycles. The standard InChI is InChI=1S/C21H24N4O4S2/c1-4-29-18(26)12-16(14-7-5-8-15(11-14)28-3)22-20(27)13(2)25-19(23-24-21(25)30)17-9-6-10-31-17/h5-11,13,16H,4,12H2,1-3H3,(H,22,27)(H,24,30). The van der Waals surface area contributed by atoms with Crippen molar-refractivity contribution in [3.05, 3.63) is 52.1 Å². The molecule has 1 aromatic carbocycles. The third-order valence-electron chi connectivity index (χ3n) is 4.70. The lowest BCUT2D eigenvalue weighted by molar-refractivity contribution is -0.143. The van der Waals surface area contributed by atoms with E-state index in [9.17, 15) is 9.59 Å². The Bertz CT molecular complexity index is 1090. The lowest BCUT2D eigenvalue weighted by Gasteiger charge is -2.22. The number of ether oxygens (including phenoxy) is 2. The van der Waals surface area contributed by atoms with Gasteiger partial charge in [-0.25, -0.2) is 0 Å². The molecule has 31 heavy (non-hydrogen) atoms. The zero-order valence-electron chi connectivity index (χ0n) is 17.5. The molecule has 0 saturated carbocycles. The number of hydrogen-bond donors (Lipinski definition) is 2. The Balaban J connectivity index is 1.87. The van der Waals surface area contributed by atoms with E-state index >= 15 is 0 Å². The van der Waals surface area contributed by atoms with E-state index in [1.54, 1.807) is 37.7 Å². The summed E-state index contributed by atoms with van der Waals surface area (Å²) < 4.78 is 12.4. The summed E-state index contributed by atoms with van der Waals surface area (Å²) in [6.45, 7) is 3.75. The Morgan fingerprint density at radius 2 is 2.13 bits per heavy atom. The van der Waals surface area contributed by atoms with E-state index in [2.05, 4.69) is 15.5 Å². The molecular formula is C21H24N4O4S2. The van der Waals surface area contributed by atoms with Crippen molar-refractivity contribution >= 4 is 35.4 Å². The fraction of sp³-hybridized carbons (Fsp3) is 0.333. The third-order valence-corrected chi connectivity index (χ3v) is 5.86. The summed E-state index contributed by atoms with van der Waals surface area (Å²) in [6.07, 6.45) is -0.00592. The first-order chi connectivity index (χ1) is 14.9. The number of thiophene rings is 1. The van der Waals surface area contributed by atoms with Gasteiger partial charge in [0, 0.05) is 0 Å². The largest absolute Gasteiger partial charge is 0.497 e. The van der Waals surface area contributed by atoms with Gasteiger partial charge in [0.1, 0.15) is 11.8 Å². The van der Waals surface area contributed by atoms with E-state index in [4.69, 9.17) is 21.7 Å². The molecule has 1 amide bonds. The second-order valence-electron chi connectivity index (χ2n) is 6.72. The molecule has 2 atom stereocenters. The van der Waals surface area contributed by atoms with Crippen molar-refractivity contribution in [2.45, 2.75) is 32.4 Å². The summed E-state index contributed by atoms with van der Waals surface area (Å²) in [5.41, 5.74) is 0.738. The van der Waals surface area contributed by atoms with E-state index < -0.39 is 18.1 Å². The number of esters is 1. The van der Waals surface area contributed by atoms with Gasteiger partial charge in [-0.2, -0.15) is 5.10 Å². The second kappa shape index (κ2) is 10.4. The van der Waals surface area contributed by atoms with E-state index in [0.717, 1.165) is 10.4 Å². The van der Waals surface area contributed by atoms with Gasteiger partial charge in [-0.3, -0.25) is 19.3 Å². The van der Waals surface area contributed by atoms with E-state index in [0.29, 0.717) is 16.3 Å². The number of aromatic amines is 1. The molecule has 0 fully saturated rings. The molecule has 0 aliphatic heterocycles. The van der Waals surface area contributed by atoms with Crippen LogP contribution in [0.4, 0.5) is 0 Å². The molecule has 3 aromatic rings. The van der Waals surface area contributed by atoms with E-state index in [-0.39, 0.29) is 18.9 Å². The first-order valence-electron chi connectivity index (χ1n) is 9.75. The molecule has 164 valence electrons. The molecule has 8 nitrogen and oxygen atoms in total. The lowest BCUT2D eigenvalue weighted by atomic mass is 10.0. The molecular weight excluding hydrogens is 436 g/mol. The van der Waals surface area contributed by atoms with Gasteiger partial charge >= 0.3 is 5.97 Å². The zero-order valence-corrected chi connectivity index (χ0v) is 19.1. The number of rotatable bonds is 9. The van der Waals surface area contributed by atoms with Crippen LogP contribution in [0.1, 0.15) is 37.9 Å². The zero-order chi connectivity index (χ0) is 22.4. The van der Waals surface area contributed by atoms with Crippen LogP contribution < -0.4 is 10.1 Å². The molecule has 0 bridgehead atoms. The molecule has 3 rings (SSSR count). The highest BCUT2D eigenvalue weighted by molar-refractivity contribution is 7.71. The fourth-order valence-corrected chi connectivity index (χ4v) is 4.15. The number of amides is 1. The van der Waals surface area contributed by atoms with Gasteiger partial charge in [-0.05, 0) is 55.2 Å². The number of aromatic nitrogens is 3. The number of nitrogens with zero attached hydrogens (tertiary/aromatic N) is 2. The summed E-state index contributed by atoms with van der Waals surface area (Å²) in [4.78, 5) is 26.3. The number of benzene rings is 1. The van der Waals surface area contributed by atoms with Gasteiger partial charge in [0.25, 0.3) is 0 Å². The van der Waals surface area contributed by atoms with Crippen molar-refractivity contribution in [1.82, 2.24) is 20.1 Å². The molecule has 10 heteroatoms. The predicted molar refractivity (Wildman–Crippen MR) is 121 cm³/mol. The maximum Gasteiger partial charge on any atom is 0.308 e. The molecule has 0 aliphatic carbocycles. The molecule has 2 N–H and O–H groups in total. The number of nitrogens with one attached hydrogen (secondary N) is 2. The normalized spacial score (nSPS) is 12.7. The minimum absolute atomic E-state index is 0.00592. The van der Waals surface area contributed by atoms with Crippen LogP contribution in [0.3, 0.4) is 0 Å². The average Bonchev–Trinajstić information content (AvgIpc) is 3.42. The minimum atomic E-state index is -0.654. The summed E-state index contributed by atoms with van der Waals surface area (Å²) in [6, 6.07) is 9.81. The highest BCUT2D eigenvalue weighted by Gasteiger charge is 2.26. The minimum Gasteiger partial charge on any atom is -0.497 e. The number of carbonyl (C=O) groups excluding carboxylic acids is 2. The highest BCUT2D eigenvalue weighted by Crippen LogP contribution is 2.27. The van der Waals surface area contributed by atoms with Crippen LogP contribution in [0.5, 0.6) is 5.75 Å². The molecule has 0 spiro atoms. The SMILES string of the molecule is CCOC(=O)CC(NC(=O)C(C)n1c(-c2cccs2)n[nH]c1=S)c1cccc(OC)c1. The Morgan fingerprint density at radius 3 is 2.81 bits per heavy atom. The molecule has 2 unspecified atom stereocenters. The number of hydrogen-bond acceptors (Lipinski definition) is 7. The quantitative estimate of drug-likeness (QED) is 0.369. The van der Waals surface area contributed by atoms with Crippen LogP contribution in [-0.4, -0.2) is 40.4 Å². The third kappa shape index (κ3) is 5.39. The summed E-state index contributed by atoms with van der Waals surface area (Å²) >= 11 is 6.87. The van der Waals surface area contributed by atoms with Gasteiger partial charge in [0.15, 0.2) is 10.6 Å². The van der Waals surface area contributed by atoms with Gasteiger partial charge in [-0.1, -0.05) is 18.2 Å². The van der Waals surface area contributed by atoms with Crippen molar-refractivity contribution in [1.29, 1.82) is 0 Å². The Hall–Kier alpha value is -2.98. The number of carbonyl (C=O) groups is 2. The fourth-order valence-electron chi connectivity index (χ4n) is 3.15. The van der Waals surface area contributed by atoms with Gasteiger partial charge in [0.2, 0.25) is 5.91 Å². The second-order valence-corrected chi connectivity index (χ2v) is 8.06. The Labute approximate surface area is 189 Å². The summed E-state index contributed by atoms with van der Waals surface area (Å²) in [7, 11) is 1.56. The van der Waals surface area contributed by atoms with Crippen molar-refractivity contribution < 1.29 is 19.1 Å². The summed E-state index contributed by atoms with van der Waals surface area (Å²) in [5.74, 6) is 0.520. The Morgan fingerprint density at radius 1 is 1.32 bits per heavy atom. The topological polar surface area (TPSA) is 98.2 Å². The smallest absolute Gasteiger partial charge is 0.308 e. The van der Waals surface area contributed by atoms with Crippen molar-refractivity contribution in [2.24, 2.45) is 0 Å². The monoisotopic (exact) mass is 460 g/mol. The number of H-pyrrole nitrogens is 1. The van der Waals surface area contributed by atoms with Crippen molar-refractivity contribution in [2.75, 3.05) is 13.7 Å². The van der Waals surface area contributed by atoms with Crippen LogP contribution in [-0.2, 0) is 14.3 Å². The molecule has 0 radical (unpaired) electrons. The van der Waals surface area contributed by atoms with Crippen LogP contribution >= 0.6 is 23.6 Å². The highest BCUT2D eigenvalue weighted by atomic mass is 32.1. The van der Waals surface area contributed by atoms with E-state index in [1.165, 1.54) is 11.3 Å². The summed E-state index contributed by atoms with van der Waals surface area (Å²) in [5, 5.41) is 11.9. The lowest BCUT2D eigenvalue weighted by Crippen LogP contribution is -2.35. The van der Waals surface area contributed by atoms with Gasteiger partial charge in [0.05, 0.1) is 31.1 Å². The number of methoxy groups -OCH3 is 1. The van der Waals surface area contributed by atoms with Gasteiger partial charge in [-0.15, -0.1) is 11.3 Å². The average molecular weight is 461 g/mol. The first-order valence-corrected chi connectivity index (χ1v) is 11.0. The van der Waals surface area contributed by atoms with Crippen molar-refractivity contribution in [3.63, 3.8) is 0 Å². The van der Waals surface area contributed by atoms with Crippen LogP contribution in [0, 0.1) is 4.77 Å². The Kier molecular flexibility index (Phi) is 7.59. The van der Waals surface area contributed by atoms with Crippen molar-refractivity contribution in [3.8, 4) is 16.5 Å². The molecule has 2 aromatic heterocycles. The van der Waals surface area contributed by atoms with Crippen LogP contribution in [0.2, 0.25) is 0 Å². The van der Waals surface area contributed by atoms with Crippen LogP contribution in [0.15, 0.2) is 41.8 Å². The van der Waals surface area contributed by atoms with Crippen LogP contribution in [0.25, 0.3) is 10.7 Å². The maximum absolute atomic E-state index is 13.2. The predicted octanol–water partition coefficient (Wildman–Crippen LogP) is 4.05. The van der Waals surface area contributed by atoms with E-state index in [1.807, 2.05) is 29.6 Å².